The summed E-state index contributed by atoms with van der Waals surface area (Å²) < 4.78 is 26.6. The van der Waals surface area contributed by atoms with Crippen LogP contribution in [0.15, 0.2) is 48.5 Å². The minimum atomic E-state index is -1.31. The zero-order chi connectivity index (χ0) is 18.9. The standard InChI is InChI=1S/C19H22F2N2O3/c20-15-8-14(9-16(21)11-15)10-17(23-19(25)26)18(24)12-22-7-6-13-4-2-1-3-5-13/h1-5,8-9,11,17-18,22-24H,6-7,10,12H2,(H,25,26)/t17-,18+/m0/s1. The third kappa shape index (κ3) is 6.78. The molecule has 26 heavy (non-hydrogen) atoms. The zero-order valence-electron chi connectivity index (χ0n) is 14.2. The van der Waals surface area contributed by atoms with Gasteiger partial charge in [-0.2, -0.15) is 0 Å². The molecule has 0 saturated heterocycles. The molecule has 2 aromatic carbocycles. The fraction of sp³-hybridized carbons (Fsp3) is 0.316. The fourth-order valence-corrected chi connectivity index (χ4v) is 2.69. The van der Waals surface area contributed by atoms with Crippen molar-refractivity contribution in [3.8, 4) is 0 Å². The van der Waals surface area contributed by atoms with Crippen molar-refractivity contribution in [2.75, 3.05) is 13.1 Å². The lowest BCUT2D eigenvalue weighted by Gasteiger charge is -2.23. The first-order valence-electron chi connectivity index (χ1n) is 8.31. The molecule has 0 aliphatic heterocycles. The lowest BCUT2D eigenvalue weighted by molar-refractivity contribution is 0.118. The summed E-state index contributed by atoms with van der Waals surface area (Å²) in [4.78, 5) is 11.0. The molecule has 0 spiro atoms. The maximum absolute atomic E-state index is 13.3. The minimum absolute atomic E-state index is 0.0253. The summed E-state index contributed by atoms with van der Waals surface area (Å²) in [5, 5.41) is 24.5. The van der Waals surface area contributed by atoms with E-state index in [1.807, 2.05) is 30.3 Å². The van der Waals surface area contributed by atoms with Crippen molar-refractivity contribution < 1.29 is 23.8 Å². The first-order valence-corrected chi connectivity index (χ1v) is 8.31. The molecule has 5 nitrogen and oxygen atoms in total. The van der Waals surface area contributed by atoms with Crippen molar-refractivity contribution in [3.05, 3.63) is 71.3 Å². The molecule has 0 saturated carbocycles. The highest BCUT2D eigenvalue weighted by Crippen LogP contribution is 2.12. The van der Waals surface area contributed by atoms with E-state index in [1.165, 1.54) is 0 Å². The molecule has 0 aliphatic carbocycles. The number of aliphatic hydroxyl groups is 1. The van der Waals surface area contributed by atoms with E-state index in [4.69, 9.17) is 5.11 Å². The van der Waals surface area contributed by atoms with Gasteiger partial charge in [-0.15, -0.1) is 0 Å². The van der Waals surface area contributed by atoms with Gasteiger partial charge in [-0.05, 0) is 42.6 Å². The van der Waals surface area contributed by atoms with Gasteiger partial charge in [0.15, 0.2) is 0 Å². The second-order valence-corrected chi connectivity index (χ2v) is 6.04. The topological polar surface area (TPSA) is 81.6 Å². The number of benzene rings is 2. The Balaban J connectivity index is 1.89. The highest BCUT2D eigenvalue weighted by Gasteiger charge is 2.22. The van der Waals surface area contributed by atoms with Crippen LogP contribution in [0.5, 0.6) is 0 Å². The fourth-order valence-electron chi connectivity index (χ4n) is 2.69. The molecule has 0 unspecified atom stereocenters. The van der Waals surface area contributed by atoms with Crippen LogP contribution in [0, 0.1) is 11.6 Å². The summed E-state index contributed by atoms with van der Waals surface area (Å²) in [6, 6.07) is 11.9. The van der Waals surface area contributed by atoms with E-state index < -0.39 is 29.9 Å². The van der Waals surface area contributed by atoms with Crippen LogP contribution in [0.1, 0.15) is 11.1 Å². The molecule has 0 heterocycles. The van der Waals surface area contributed by atoms with E-state index in [2.05, 4.69) is 10.6 Å². The van der Waals surface area contributed by atoms with Gasteiger partial charge in [0.2, 0.25) is 0 Å². The van der Waals surface area contributed by atoms with E-state index >= 15 is 0 Å². The number of hydrogen-bond acceptors (Lipinski definition) is 3. The van der Waals surface area contributed by atoms with Crippen LogP contribution in [0.4, 0.5) is 13.6 Å². The molecule has 0 bridgehead atoms. The molecule has 2 atom stereocenters. The first kappa shape index (κ1) is 19.8. The lowest BCUT2D eigenvalue weighted by Crippen LogP contribution is -2.48. The monoisotopic (exact) mass is 364 g/mol. The SMILES string of the molecule is O=C(O)N[C@@H](Cc1cc(F)cc(F)c1)[C@H](O)CNCCc1ccccc1. The number of halogens is 2. The zero-order valence-corrected chi connectivity index (χ0v) is 14.2. The summed E-state index contributed by atoms with van der Waals surface area (Å²) >= 11 is 0. The Morgan fingerprint density at radius 2 is 1.69 bits per heavy atom. The number of nitrogens with one attached hydrogen (secondary N) is 2. The number of amides is 1. The van der Waals surface area contributed by atoms with Gasteiger partial charge in [0.05, 0.1) is 12.1 Å². The Kier molecular flexibility index (Phi) is 7.50. The predicted octanol–water partition coefficient (Wildman–Crippen LogP) is 2.34. The quantitative estimate of drug-likeness (QED) is 0.515. The predicted molar refractivity (Wildman–Crippen MR) is 94.0 cm³/mol. The van der Waals surface area contributed by atoms with Gasteiger partial charge < -0.3 is 20.8 Å². The lowest BCUT2D eigenvalue weighted by atomic mass is 10.0. The highest BCUT2D eigenvalue weighted by atomic mass is 19.1. The van der Waals surface area contributed by atoms with Crippen molar-refractivity contribution in [1.29, 1.82) is 0 Å². The van der Waals surface area contributed by atoms with Gasteiger partial charge in [-0.3, -0.25) is 0 Å². The Labute approximate surface area is 150 Å². The average molecular weight is 364 g/mol. The third-order valence-electron chi connectivity index (χ3n) is 3.94. The molecular weight excluding hydrogens is 342 g/mol. The number of aliphatic hydroxyl groups excluding tert-OH is 1. The van der Waals surface area contributed by atoms with E-state index in [-0.39, 0.29) is 18.5 Å². The maximum atomic E-state index is 13.3. The van der Waals surface area contributed by atoms with Crippen LogP contribution >= 0.6 is 0 Å². The minimum Gasteiger partial charge on any atom is -0.465 e. The molecular formula is C19H22F2N2O3. The summed E-state index contributed by atoms with van der Waals surface area (Å²) in [6.07, 6.45) is -1.62. The largest absolute Gasteiger partial charge is 0.465 e. The van der Waals surface area contributed by atoms with Gasteiger partial charge in [-0.25, -0.2) is 13.6 Å². The van der Waals surface area contributed by atoms with Crippen LogP contribution in [0.25, 0.3) is 0 Å². The normalized spacial score (nSPS) is 13.2. The number of carbonyl (C=O) groups is 1. The average Bonchev–Trinajstić information content (AvgIpc) is 2.57. The van der Waals surface area contributed by atoms with E-state index in [0.29, 0.717) is 6.54 Å². The van der Waals surface area contributed by atoms with Gasteiger partial charge in [0.1, 0.15) is 11.6 Å². The van der Waals surface area contributed by atoms with Crippen molar-refractivity contribution in [3.63, 3.8) is 0 Å². The Morgan fingerprint density at radius 1 is 1.04 bits per heavy atom. The Morgan fingerprint density at radius 3 is 2.31 bits per heavy atom. The number of carboxylic acid groups (broad SMARTS) is 1. The van der Waals surface area contributed by atoms with Crippen LogP contribution in [0.3, 0.4) is 0 Å². The van der Waals surface area contributed by atoms with E-state index in [9.17, 15) is 18.7 Å². The van der Waals surface area contributed by atoms with Crippen LogP contribution in [-0.2, 0) is 12.8 Å². The number of hydrogen-bond donors (Lipinski definition) is 4. The molecule has 0 aromatic heterocycles. The molecule has 0 fully saturated rings. The van der Waals surface area contributed by atoms with Crippen LogP contribution < -0.4 is 10.6 Å². The van der Waals surface area contributed by atoms with Crippen molar-refractivity contribution >= 4 is 6.09 Å². The molecule has 7 heteroatoms. The summed E-state index contributed by atoms with van der Waals surface area (Å²) in [6.45, 7) is 0.755. The smallest absolute Gasteiger partial charge is 0.404 e. The van der Waals surface area contributed by atoms with E-state index in [0.717, 1.165) is 30.2 Å². The highest BCUT2D eigenvalue weighted by molar-refractivity contribution is 5.65. The van der Waals surface area contributed by atoms with Gasteiger partial charge in [0.25, 0.3) is 0 Å². The second-order valence-electron chi connectivity index (χ2n) is 6.04. The van der Waals surface area contributed by atoms with E-state index in [1.54, 1.807) is 0 Å². The van der Waals surface area contributed by atoms with Gasteiger partial charge in [0, 0.05) is 12.6 Å². The maximum Gasteiger partial charge on any atom is 0.404 e. The second kappa shape index (κ2) is 9.84. The van der Waals surface area contributed by atoms with Crippen LogP contribution in [0.2, 0.25) is 0 Å². The molecule has 0 aliphatic rings. The summed E-state index contributed by atoms with van der Waals surface area (Å²) in [5.74, 6) is -1.49. The van der Waals surface area contributed by atoms with Crippen LogP contribution in [-0.4, -0.2) is 41.5 Å². The van der Waals surface area contributed by atoms with Gasteiger partial charge in [-0.1, -0.05) is 30.3 Å². The number of rotatable bonds is 9. The first-order chi connectivity index (χ1) is 12.4. The summed E-state index contributed by atoms with van der Waals surface area (Å²) in [5.41, 5.74) is 1.41. The molecule has 2 aromatic rings. The molecule has 2 rings (SSSR count). The molecule has 0 radical (unpaired) electrons. The third-order valence-corrected chi connectivity index (χ3v) is 3.94. The molecule has 140 valence electrons. The Bertz CT molecular complexity index is 693. The molecule has 4 N–H and O–H groups in total. The Hall–Kier alpha value is -2.51. The van der Waals surface area contributed by atoms with Crippen molar-refractivity contribution in [2.45, 2.75) is 25.0 Å². The van der Waals surface area contributed by atoms with Crippen molar-refractivity contribution in [1.82, 2.24) is 10.6 Å². The van der Waals surface area contributed by atoms with Gasteiger partial charge >= 0.3 is 6.09 Å². The van der Waals surface area contributed by atoms with Crippen molar-refractivity contribution in [2.24, 2.45) is 0 Å². The summed E-state index contributed by atoms with van der Waals surface area (Å²) in [7, 11) is 0. The molecule has 1 amide bonds.